The van der Waals surface area contributed by atoms with Crippen LogP contribution in [0.5, 0.6) is 0 Å². The maximum absolute atomic E-state index is 13.0. The van der Waals surface area contributed by atoms with Gasteiger partial charge in [0, 0.05) is 44.8 Å². The minimum atomic E-state index is -0.370. The molecule has 0 atom stereocenters. The molecule has 0 saturated carbocycles. The first-order chi connectivity index (χ1) is 15.0. The Morgan fingerprint density at radius 3 is 2.24 bits per heavy atom. The number of rotatable bonds is 8. The Bertz CT molecular complexity index is 1110. The van der Waals surface area contributed by atoms with Gasteiger partial charge in [0.15, 0.2) is 11.4 Å². The van der Waals surface area contributed by atoms with E-state index >= 15 is 0 Å². The smallest absolute Gasteiger partial charge is 0.408 e. The molecule has 6 nitrogen and oxygen atoms in total. The largest absolute Gasteiger partial charge is 0.419 e. The van der Waals surface area contributed by atoms with Crippen molar-refractivity contribution < 1.29 is 13.6 Å². The van der Waals surface area contributed by atoms with Crippen molar-refractivity contribution in [2.24, 2.45) is 0 Å². The molecule has 0 amide bonds. The van der Waals surface area contributed by atoms with E-state index in [0.717, 1.165) is 63.2 Å². The van der Waals surface area contributed by atoms with Crippen LogP contribution < -0.4 is 5.76 Å². The van der Waals surface area contributed by atoms with E-state index in [9.17, 15) is 14.0 Å². The lowest BCUT2D eigenvalue weighted by atomic mass is 10.1. The molecule has 0 N–H and O–H groups in total. The fraction of sp³-hybridized carbons (Fsp3) is 0.417. The lowest BCUT2D eigenvalue weighted by molar-refractivity contribution is 0.101. The van der Waals surface area contributed by atoms with E-state index in [2.05, 4.69) is 9.80 Å². The molecule has 1 aliphatic rings. The molecule has 4 rings (SSSR count). The van der Waals surface area contributed by atoms with E-state index in [0.29, 0.717) is 17.7 Å². The molecule has 2 heterocycles. The van der Waals surface area contributed by atoms with Crippen LogP contribution in [0.25, 0.3) is 11.1 Å². The lowest BCUT2D eigenvalue weighted by Crippen LogP contribution is -2.46. The summed E-state index contributed by atoms with van der Waals surface area (Å²) in [5, 5.41) is 0. The summed E-state index contributed by atoms with van der Waals surface area (Å²) in [4.78, 5) is 28.6. The minimum Gasteiger partial charge on any atom is -0.408 e. The van der Waals surface area contributed by atoms with E-state index in [1.165, 1.54) is 19.1 Å². The molecular weight excluding hydrogens is 468 g/mol. The molecule has 0 bridgehead atoms. The number of Topliss-reactive ketones (excluding diaryl/α,β-unsaturated/α-hetero) is 1. The van der Waals surface area contributed by atoms with Gasteiger partial charge in [-0.2, -0.15) is 0 Å². The molecule has 1 aromatic heterocycles. The molecule has 2 aromatic carbocycles. The van der Waals surface area contributed by atoms with Crippen molar-refractivity contribution in [3.8, 4) is 0 Å². The molecule has 9 heteroatoms. The number of aryl methyl sites for hydroxylation is 1. The molecule has 1 fully saturated rings. The van der Waals surface area contributed by atoms with Crippen molar-refractivity contribution in [1.29, 1.82) is 0 Å². The van der Waals surface area contributed by atoms with Crippen LogP contribution in [0.4, 0.5) is 4.39 Å². The fourth-order valence-corrected chi connectivity index (χ4v) is 4.12. The second-order valence-electron chi connectivity index (χ2n) is 8.21. The maximum Gasteiger partial charge on any atom is 0.419 e. The Labute approximate surface area is 205 Å². The zero-order valence-electron chi connectivity index (χ0n) is 18.7. The standard InChI is InChI=1S/C24H28FN3O3.2ClH/c1-18(29)20-6-9-22-23(16-20)31-24(30)28(22)11-3-2-10-26-12-14-27(15-13-26)17-19-4-7-21(25)8-5-19;;/h4-9,16H,2-3,10-15,17H2,1H3;2*1H. The monoisotopic (exact) mass is 497 g/mol. The van der Waals surface area contributed by atoms with E-state index in [4.69, 9.17) is 4.42 Å². The number of aromatic nitrogens is 1. The number of carbonyl (C=O) groups excluding carboxylic acids is 1. The lowest BCUT2D eigenvalue weighted by Gasteiger charge is -2.34. The second-order valence-corrected chi connectivity index (χ2v) is 8.21. The fourth-order valence-electron chi connectivity index (χ4n) is 4.12. The number of oxazole rings is 1. The quantitative estimate of drug-likeness (QED) is 0.341. The van der Waals surface area contributed by atoms with Crippen LogP contribution in [-0.4, -0.2) is 52.9 Å². The molecule has 180 valence electrons. The van der Waals surface area contributed by atoms with Gasteiger partial charge in [0.05, 0.1) is 5.52 Å². The van der Waals surface area contributed by atoms with Gasteiger partial charge in [0.25, 0.3) is 0 Å². The minimum absolute atomic E-state index is 0. The summed E-state index contributed by atoms with van der Waals surface area (Å²) in [6.45, 7) is 8.00. The highest BCUT2D eigenvalue weighted by molar-refractivity contribution is 5.96. The van der Waals surface area contributed by atoms with E-state index < -0.39 is 0 Å². The zero-order chi connectivity index (χ0) is 21.8. The topological polar surface area (TPSA) is 58.7 Å². The van der Waals surface area contributed by atoms with Crippen LogP contribution in [0.1, 0.15) is 35.7 Å². The Morgan fingerprint density at radius 1 is 0.939 bits per heavy atom. The molecule has 3 aromatic rings. The van der Waals surface area contributed by atoms with Gasteiger partial charge in [-0.3, -0.25) is 14.3 Å². The number of ketones is 1. The summed E-state index contributed by atoms with van der Waals surface area (Å²) < 4.78 is 20.0. The molecule has 1 aliphatic heterocycles. The Morgan fingerprint density at radius 2 is 1.58 bits per heavy atom. The third-order valence-electron chi connectivity index (χ3n) is 5.97. The summed E-state index contributed by atoms with van der Waals surface area (Å²) in [6.07, 6.45) is 1.89. The van der Waals surface area contributed by atoms with Gasteiger partial charge >= 0.3 is 5.76 Å². The maximum atomic E-state index is 13.0. The highest BCUT2D eigenvalue weighted by Gasteiger charge is 2.17. The summed E-state index contributed by atoms with van der Waals surface area (Å²) >= 11 is 0. The van der Waals surface area contributed by atoms with E-state index in [1.54, 1.807) is 22.8 Å². The van der Waals surface area contributed by atoms with Crippen LogP contribution in [-0.2, 0) is 13.1 Å². The average molecular weight is 498 g/mol. The van der Waals surface area contributed by atoms with Crippen LogP contribution in [0.2, 0.25) is 0 Å². The van der Waals surface area contributed by atoms with Gasteiger partial charge in [-0.1, -0.05) is 12.1 Å². The van der Waals surface area contributed by atoms with Gasteiger partial charge in [0.2, 0.25) is 0 Å². The summed E-state index contributed by atoms with van der Waals surface area (Å²) in [5.41, 5.74) is 2.90. The van der Waals surface area contributed by atoms with Gasteiger partial charge in [-0.05, 0) is 62.2 Å². The van der Waals surface area contributed by atoms with Crippen molar-refractivity contribution in [3.63, 3.8) is 0 Å². The van der Waals surface area contributed by atoms with Crippen molar-refractivity contribution in [1.82, 2.24) is 14.4 Å². The van der Waals surface area contributed by atoms with Crippen molar-refractivity contribution in [2.45, 2.75) is 32.9 Å². The predicted octanol–water partition coefficient (Wildman–Crippen LogP) is 4.38. The van der Waals surface area contributed by atoms with Crippen LogP contribution in [0, 0.1) is 5.82 Å². The van der Waals surface area contributed by atoms with Gasteiger partial charge in [-0.25, -0.2) is 9.18 Å². The molecular formula is C24H30Cl2FN3O3. The van der Waals surface area contributed by atoms with Crippen molar-refractivity contribution in [3.05, 3.63) is 70.0 Å². The van der Waals surface area contributed by atoms with Crippen molar-refractivity contribution >= 4 is 41.7 Å². The SMILES string of the molecule is CC(=O)c1ccc2c(c1)oc(=O)n2CCCCN1CCN(Cc2ccc(F)cc2)CC1.Cl.Cl. The van der Waals surface area contributed by atoms with Crippen molar-refractivity contribution in [2.75, 3.05) is 32.7 Å². The van der Waals surface area contributed by atoms with Gasteiger partial charge in [0.1, 0.15) is 5.82 Å². The molecule has 0 spiro atoms. The Balaban J connectivity index is 0.00000193. The Kier molecular flexibility index (Phi) is 10.1. The summed E-state index contributed by atoms with van der Waals surface area (Å²) in [5.74, 6) is -0.611. The number of nitrogens with zero attached hydrogens (tertiary/aromatic N) is 3. The highest BCUT2D eigenvalue weighted by atomic mass is 35.5. The number of hydrogen-bond donors (Lipinski definition) is 0. The number of piperazine rings is 1. The number of benzene rings is 2. The van der Waals surface area contributed by atoms with E-state index in [1.807, 2.05) is 12.1 Å². The number of hydrogen-bond acceptors (Lipinski definition) is 5. The number of unbranched alkanes of at least 4 members (excludes halogenated alkanes) is 1. The summed E-state index contributed by atoms with van der Waals surface area (Å²) in [6, 6.07) is 11.9. The first-order valence-electron chi connectivity index (χ1n) is 10.8. The number of halogens is 3. The zero-order valence-corrected chi connectivity index (χ0v) is 20.3. The molecule has 0 unspecified atom stereocenters. The van der Waals surface area contributed by atoms with E-state index in [-0.39, 0.29) is 42.2 Å². The molecule has 1 saturated heterocycles. The normalized spacial score (nSPS) is 14.6. The second kappa shape index (κ2) is 12.3. The first-order valence-corrected chi connectivity index (χ1v) is 10.8. The molecule has 33 heavy (non-hydrogen) atoms. The third kappa shape index (κ3) is 6.90. The Hall–Kier alpha value is -2.19. The first kappa shape index (κ1) is 27.1. The molecule has 0 radical (unpaired) electrons. The van der Waals surface area contributed by atoms with Crippen LogP contribution in [0.3, 0.4) is 0 Å². The average Bonchev–Trinajstić information content (AvgIpc) is 3.08. The van der Waals surface area contributed by atoms with Crippen LogP contribution >= 0.6 is 24.8 Å². The van der Waals surface area contributed by atoms with Gasteiger partial charge < -0.3 is 9.32 Å². The van der Waals surface area contributed by atoms with Gasteiger partial charge in [-0.15, -0.1) is 24.8 Å². The predicted molar refractivity (Wildman–Crippen MR) is 132 cm³/mol. The number of carbonyl (C=O) groups is 1. The highest BCUT2D eigenvalue weighted by Crippen LogP contribution is 2.16. The summed E-state index contributed by atoms with van der Waals surface area (Å²) in [7, 11) is 0. The van der Waals surface area contributed by atoms with Crippen LogP contribution in [0.15, 0.2) is 51.7 Å². The third-order valence-corrected chi connectivity index (χ3v) is 5.97. The molecule has 0 aliphatic carbocycles. The number of fused-ring (bicyclic) bond motifs is 1.